The molecule has 3 heterocycles. The fourth-order valence-corrected chi connectivity index (χ4v) is 4.08. The molecule has 1 N–H and O–H groups in total. The van der Waals surface area contributed by atoms with Crippen molar-refractivity contribution < 1.29 is 4.74 Å². The molecule has 0 aliphatic carbocycles. The average molecular weight is 407 g/mol. The zero-order chi connectivity index (χ0) is 21.4. The van der Waals surface area contributed by atoms with Gasteiger partial charge in [-0.15, -0.1) is 0 Å². The first-order valence-electron chi connectivity index (χ1n) is 10.8. The molecule has 2 aliphatic heterocycles. The van der Waals surface area contributed by atoms with Crippen LogP contribution < -0.4 is 5.32 Å². The zero-order valence-electron chi connectivity index (χ0n) is 18.4. The summed E-state index contributed by atoms with van der Waals surface area (Å²) in [5.41, 5.74) is 4.46. The van der Waals surface area contributed by atoms with Crippen molar-refractivity contribution in [3.05, 3.63) is 72.5 Å². The van der Waals surface area contributed by atoms with Gasteiger partial charge in [0.1, 0.15) is 0 Å². The second-order valence-corrected chi connectivity index (χ2v) is 8.10. The molecule has 3 rings (SSSR count). The van der Waals surface area contributed by atoms with Crippen LogP contribution in [0.1, 0.15) is 45.1 Å². The van der Waals surface area contributed by atoms with Gasteiger partial charge in [0.25, 0.3) is 0 Å². The maximum absolute atomic E-state index is 5.55. The predicted octanol–water partition coefficient (Wildman–Crippen LogP) is 4.93. The third kappa shape index (κ3) is 5.48. The lowest BCUT2D eigenvalue weighted by Gasteiger charge is -2.33. The Kier molecular flexibility index (Phi) is 7.63. The number of allylic oxidation sites excluding steroid dienone is 4. The van der Waals surface area contributed by atoms with E-state index in [9.17, 15) is 0 Å². The Balaban J connectivity index is 1.65. The predicted molar refractivity (Wildman–Crippen MR) is 125 cm³/mol. The lowest BCUT2D eigenvalue weighted by atomic mass is 9.80. The number of hydrogen-bond acceptors (Lipinski definition) is 4. The van der Waals surface area contributed by atoms with Crippen molar-refractivity contribution in [2.75, 3.05) is 26.3 Å². The zero-order valence-corrected chi connectivity index (χ0v) is 18.4. The van der Waals surface area contributed by atoms with Gasteiger partial charge in [-0.1, -0.05) is 26.2 Å². The minimum Gasteiger partial charge on any atom is -0.381 e. The van der Waals surface area contributed by atoms with Crippen LogP contribution >= 0.6 is 0 Å². The highest BCUT2D eigenvalue weighted by Crippen LogP contribution is 2.40. The fourth-order valence-electron chi connectivity index (χ4n) is 4.08. The molecule has 0 atom stereocenters. The number of rotatable bonds is 8. The molecule has 2 fully saturated rings. The number of nitrogens with one attached hydrogen (secondary N) is 1. The van der Waals surface area contributed by atoms with E-state index in [1.54, 1.807) is 18.7 Å². The van der Waals surface area contributed by atoms with Gasteiger partial charge in [0.2, 0.25) is 0 Å². The topological polar surface area (TPSA) is 49.8 Å². The van der Waals surface area contributed by atoms with Crippen LogP contribution in [0.2, 0.25) is 0 Å². The first-order valence-corrected chi connectivity index (χ1v) is 10.8. The third-order valence-corrected chi connectivity index (χ3v) is 6.21. The SMILES string of the molecule is C=C(CC)C(=C\C(=C/C)c1ccncc1)/N=C/NC(=C)N1CCC2(CCOCC2)C1. The van der Waals surface area contributed by atoms with Crippen molar-refractivity contribution in [3.63, 3.8) is 0 Å². The highest BCUT2D eigenvalue weighted by atomic mass is 16.5. The number of likely N-dealkylation sites (tertiary alicyclic amines) is 1. The van der Waals surface area contributed by atoms with Crippen LogP contribution in [-0.2, 0) is 4.74 Å². The molecule has 1 aromatic rings. The number of ether oxygens (including phenoxy) is 1. The van der Waals surface area contributed by atoms with E-state index in [2.05, 4.69) is 52.4 Å². The van der Waals surface area contributed by atoms with Crippen molar-refractivity contribution in [3.8, 4) is 0 Å². The van der Waals surface area contributed by atoms with Gasteiger partial charge in [0.05, 0.1) is 17.9 Å². The lowest BCUT2D eigenvalue weighted by Crippen LogP contribution is -2.35. The molecule has 1 spiro atoms. The van der Waals surface area contributed by atoms with Gasteiger partial charge in [-0.25, -0.2) is 4.99 Å². The molecule has 1 aromatic heterocycles. The van der Waals surface area contributed by atoms with Gasteiger partial charge < -0.3 is 15.0 Å². The Morgan fingerprint density at radius 1 is 1.27 bits per heavy atom. The second kappa shape index (κ2) is 10.4. The van der Waals surface area contributed by atoms with Crippen LogP contribution in [0.4, 0.5) is 0 Å². The number of hydrogen-bond donors (Lipinski definition) is 1. The van der Waals surface area contributed by atoms with Crippen LogP contribution in [0.5, 0.6) is 0 Å². The summed E-state index contributed by atoms with van der Waals surface area (Å²) in [4.78, 5) is 11.1. The van der Waals surface area contributed by atoms with Crippen LogP contribution in [0.3, 0.4) is 0 Å². The number of pyridine rings is 1. The van der Waals surface area contributed by atoms with Crippen molar-refractivity contribution >= 4 is 11.9 Å². The van der Waals surface area contributed by atoms with E-state index in [0.717, 1.165) is 73.8 Å². The molecule has 160 valence electrons. The Labute approximate surface area is 180 Å². The molecule has 0 bridgehead atoms. The summed E-state index contributed by atoms with van der Waals surface area (Å²) in [6.07, 6.45) is 13.9. The second-order valence-electron chi connectivity index (χ2n) is 8.10. The molecule has 2 saturated heterocycles. The van der Waals surface area contributed by atoms with Gasteiger partial charge in [-0.3, -0.25) is 4.98 Å². The summed E-state index contributed by atoms with van der Waals surface area (Å²) in [5, 5.41) is 3.28. The summed E-state index contributed by atoms with van der Waals surface area (Å²) >= 11 is 0. The molecule has 5 nitrogen and oxygen atoms in total. The summed E-state index contributed by atoms with van der Waals surface area (Å²) in [6.45, 7) is 16.4. The van der Waals surface area contributed by atoms with Gasteiger partial charge >= 0.3 is 0 Å². The average Bonchev–Trinajstić information content (AvgIpc) is 3.19. The molecule has 2 aliphatic rings. The van der Waals surface area contributed by atoms with E-state index in [1.165, 1.54) is 6.42 Å². The van der Waals surface area contributed by atoms with E-state index in [-0.39, 0.29) is 0 Å². The molecule has 0 amide bonds. The van der Waals surface area contributed by atoms with Gasteiger partial charge in [0, 0.05) is 38.7 Å². The minimum atomic E-state index is 0.396. The van der Waals surface area contributed by atoms with E-state index in [4.69, 9.17) is 4.74 Å². The van der Waals surface area contributed by atoms with Crippen LogP contribution in [-0.4, -0.2) is 42.5 Å². The summed E-state index contributed by atoms with van der Waals surface area (Å²) in [5.74, 6) is 0.906. The smallest absolute Gasteiger partial charge is 0.0990 e. The standard InChI is InChI=1S/C25H34N4O/c1-5-20(3)24(17-22(6-2)23-7-12-26-13-8-23)28-19-27-21(4)29-14-9-25(18-29)10-15-30-16-11-25/h6-8,12-13,17,19H,3-5,9-11,14-16,18H2,1-2H3,(H,27,28)/b22-6+,24-17+. The van der Waals surface area contributed by atoms with Crippen LogP contribution in [0, 0.1) is 5.41 Å². The highest BCUT2D eigenvalue weighted by molar-refractivity contribution is 5.75. The largest absolute Gasteiger partial charge is 0.381 e. The van der Waals surface area contributed by atoms with Gasteiger partial charge in [-0.2, -0.15) is 0 Å². The molecule has 0 saturated carbocycles. The maximum atomic E-state index is 5.55. The Morgan fingerprint density at radius 2 is 2.00 bits per heavy atom. The highest BCUT2D eigenvalue weighted by Gasteiger charge is 2.39. The summed E-state index contributed by atoms with van der Waals surface area (Å²) in [6, 6.07) is 4.00. The minimum absolute atomic E-state index is 0.396. The molecule has 0 radical (unpaired) electrons. The third-order valence-electron chi connectivity index (χ3n) is 6.21. The van der Waals surface area contributed by atoms with Crippen molar-refractivity contribution in [2.45, 2.75) is 39.5 Å². The monoisotopic (exact) mass is 406 g/mol. The summed E-state index contributed by atoms with van der Waals surface area (Å²) < 4.78 is 5.55. The molecular weight excluding hydrogens is 372 g/mol. The Bertz CT molecular complexity index is 832. The quantitative estimate of drug-likeness (QED) is 0.378. The van der Waals surface area contributed by atoms with E-state index in [0.29, 0.717) is 5.41 Å². The Hall–Kier alpha value is -2.66. The molecule has 0 unspecified atom stereocenters. The molecule has 5 heteroatoms. The normalized spacial score (nSPS) is 19.5. The number of aliphatic imine (C=N–C) groups is 1. The molecular formula is C25H34N4O. The van der Waals surface area contributed by atoms with Gasteiger partial charge in [0.15, 0.2) is 0 Å². The fraction of sp³-hybridized carbons (Fsp3) is 0.440. The van der Waals surface area contributed by atoms with Crippen LogP contribution in [0.15, 0.2) is 71.9 Å². The molecule has 30 heavy (non-hydrogen) atoms. The first-order chi connectivity index (χ1) is 14.6. The number of aromatic nitrogens is 1. The van der Waals surface area contributed by atoms with Crippen molar-refractivity contribution in [1.82, 2.24) is 15.2 Å². The van der Waals surface area contributed by atoms with E-state index >= 15 is 0 Å². The van der Waals surface area contributed by atoms with E-state index in [1.807, 2.05) is 19.1 Å². The van der Waals surface area contributed by atoms with Crippen LogP contribution in [0.25, 0.3) is 5.57 Å². The van der Waals surface area contributed by atoms with Gasteiger partial charge in [-0.05, 0) is 72.9 Å². The lowest BCUT2D eigenvalue weighted by molar-refractivity contribution is 0.0206. The summed E-state index contributed by atoms with van der Waals surface area (Å²) in [7, 11) is 0. The van der Waals surface area contributed by atoms with Crippen molar-refractivity contribution in [1.29, 1.82) is 0 Å². The van der Waals surface area contributed by atoms with Crippen molar-refractivity contribution in [2.24, 2.45) is 10.4 Å². The molecule has 0 aromatic carbocycles. The van der Waals surface area contributed by atoms with E-state index < -0.39 is 0 Å². The first kappa shape index (κ1) is 22.0. The number of nitrogens with zero attached hydrogens (tertiary/aromatic N) is 3. The Morgan fingerprint density at radius 3 is 2.67 bits per heavy atom. The maximum Gasteiger partial charge on any atom is 0.0990 e.